The van der Waals surface area contributed by atoms with Gasteiger partial charge in [-0.3, -0.25) is 0 Å². The van der Waals surface area contributed by atoms with E-state index < -0.39 is 11.9 Å². The smallest absolute Gasteiger partial charge is 0.343 e. The highest BCUT2D eigenvalue weighted by atomic mass is 16.5. The zero-order valence-electron chi connectivity index (χ0n) is 19.7. The molecule has 4 aromatic rings. The van der Waals surface area contributed by atoms with Gasteiger partial charge in [-0.25, -0.2) is 9.59 Å². The number of rotatable bonds is 5. The number of esters is 2. The first-order chi connectivity index (χ1) is 16.3. The van der Waals surface area contributed by atoms with Gasteiger partial charge in [0, 0.05) is 0 Å². The molecule has 0 bridgehead atoms. The van der Waals surface area contributed by atoms with Gasteiger partial charge in [0.2, 0.25) is 0 Å². The SMILES string of the molecule is Cc1cccc(OC(=O)c2ccc(-c3ccc(C(=O)Oc4cccc(C)c4C)cc3)cc2)c1C. The van der Waals surface area contributed by atoms with E-state index in [2.05, 4.69) is 0 Å². The van der Waals surface area contributed by atoms with Crippen LogP contribution in [0.2, 0.25) is 0 Å². The Labute approximate surface area is 199 Å². The lowest BCUT2D eigenvalue weighted by atomic mass is 10.0. The van der Waals surface area contributed by atoms with Crippen molar-refractivity contribution in [1.29, 1.82) is 0 Å². The van der Waals surface area contributed by atoms with Crippen LogP contribution in [0.5, 0.6) is 11.5 Å². The molecule has 0 aliphatic heterocycles. The van der Waals surface area contributed by atoms with Crippen LogP contribution in [0.1, 0.15) is 43.0 Å². The van der Waals surface area contributed by atoms with E-state index >= 15 is 0 Å². The zero-order chi connectivity index (χ0) is 24.2. The van der Waals surface area contributed by atoms with Crippen molar-refractivity contribution in [3.05, 3.63) is 118 Å². The van der Waals surface area contributed by atoms with E-state index in [0.29, 0.717) is 22.6 Å². The zero-order valence-corrected chi connectivity index (χ0v) is 19.7. The highest BCUT2D eigenvalue weighted by Gasteiger charge is 2.13. The van der Waals surface area contributed by atoms with Crippen molar-refractivity contribution in [2.45, 2.75) is 27.7 Å². The number of carbonyl (C=O) groups is 2. The molecule has 0 spiro atoms. The van der Waals surface area contributed by atoms with Crippen LogP contribution in [0.3, 0.4) is 0 Å². The van der Waals surface area contributed by atoms with E-state index in [0.717, 1.165) is 33.4 Å². The first-order valence-corrected chi connectivity index (χ1v) is 11.1. The Morgan fingerprint density at radius 2 is 0.853 bits per heavy atom. The molecule has 0 unspecified atom stereocenters. The van der Waals surface area contributed by atoms with E-state index in [1.807, 2.05) is 76.2 Å². The van der Waals surface area contributed by atoms with Gasteiger partial charge in [-0.15, -0.1) is 0 Å². The molecule has 0 heterocycles. The molecule has 0 radical (unpaired) electrons. The molecular formula is C30H26O4. The summed E-state index contributed by atoms with van der Waals surface area (Å²) >= 11 is 0. The fraction of sp³-hybridized carbons (Fsp3) is 0.133. The predicted octanol–water partition coefficient (Wildman–Crippen LogP) is 7.03. The number of carbonyl (C=O) groups excluding carboxylic acids is 2. The molecule has 4 heteroatoms. The average Bonchev–Trinajstić information content (AvgIpc) is 2.85. The number of hydrogen-bond donors (Lipinski definition) is 0. The van der Waals surface area contributed by atoms with Gasteiger partial charge in [-0.1, -0.05) is 48.5 Å². The lowest BCUT2D eigenvalue weighted by Crippen LogP contribution is -2.09. The maximum atomic E-state index is 12.6. The van der Waals surface area contributed by atoms with Crippen LogP contribution in [0.25, 0.3) is 11.1 Å². The Bertz CT molecular complexity index is 1240. The number of benzene rings is 4. The quantitative estimate of drug-likeness (QED) is 0.242. The van der Waals surface area contributed by atoms with Crippen LogP contribution in [0.15, 0.2) is 84.9 Å². The van der Waals surface area contributed by atoms with Gasteiger partial charge in [0.05, 0.1) is 11.1 Å². The molecular weight excluding hydrogens is 424 g/mol. The third-order valence-electron chi connectivity index (χ3n) is 6.09. The maximum absolute atomic E-state index is 12.6. The van der Waals surface area contributed by atoms with Crippen molar-refractivity contribution in [1.82, 2.24) is 0 Å². The topological polar surface area (TPSA) is 52.6 Å². The van der Waals surface area contributed by atoms with E-state index in [-0.39, 0.29) is 0 Å². The summed E-state index contributed by atoms with van der Waals surface area (Å²) < 4.78 is 11.1. The molecule has 0 atom stereocenters. The highest BCUT2D eigenvalue weighted by molar-refractivity contribution is 5.93. The first kappa shape index (κ1) is 23.0. The molecule has 0 aromatic heterocycles. The van der Waals surface area contributed by atoms with Crippen LogP contribution in [0.4, 0.5) is 0 Å². The van der Waals surface area contributed by atoms with Crippen LogP contribution in [0, 0.1) is 27.7 Å². The summed E-state index contributed by atoms with van der Waals surface area (Å²) in [4.78, 5) is 25.1. The molecule has 170 valence electrons. The summed E-state index contributed by atoms with van der Waals surface area (Å²) in [6, 6.07) is 25.7. The van der Waals surface area contributed by atoms with Crippen molar-refractivity contribution < 1.29 is 19.1 Å². The Hall–Kier alpha value is -4.18. The minimum atomic E-state index is -0.398. The largest absolute Gasteiger partial charge is 0.423 e. The number of ether oxygens (including phenoxy) is 2. The molecule has 0 fully saturated rings. The number of aryl methyl sites for hydroxylation is 2. The molecule has 0 saturated heterocycles. The summed E-state index contributed by atoms with van der Waals surface area (Å²) in [6.07, 6.45) is 0. The molecule has 0 amide bonds. The molecule has 0 aliphatic rings. The lowest BCUT2D eigenvalue weighted by Gasteiger charge is -2.10. The highest BCUT2D eigenvalue weighted by Crippen LogP contribution is 2.25. The van der Waals surface area contributed by atoms with E-state index in [4.69, 9.17) is 9.47 Å². The Morgan fingerprint density at radius 3 is 1.21 bits per heavy atom. The van der Waals surface area contributed by atoms with E-state index in [9.17, 15) is 9.59 Å². The normalized spacial score (nSPS) is 10.6. The van der Waals surface area contributed by atoms with Crippen molar-refractivity contribution >= 4 is 11.9 Å². The van der Waals surface area contributed by atoms with E-state index in [1.165, 1.54) is 0 Å². The van der Waals surface area contributed by atoms with Crippen LogP contribution < -0.4 is 9.47 Å². The fourth-order valence-corrected chi connectivity index (χ4v) is 3.58. The second-order valence-corrected chi connectivity index (χ2v) is 8.33. The molecule has 34 heavy (non-hydrogen) atoms. The van der Waals surface area contributed by atoms with Crippen LogP contribution >= 0.6 is 0 Å². The molecule has 0 aliphatic carbocycles. The maximum Gasteiger partial charge on any atom is 0.343 e. The summed E-state index contributed by atoms with van der Waals surface area (Å²) in [5.41, 5.74) is 6.84. The van der Waals surface area contributed by atoms with Gasteiger partial charge in [-0.2, -0.15) is 0 Å². The van der Waals surface area contributed by atoms with E-state index in [1.54, 1.807) is 36.4 Å². The summed E-state index contributed by atoms with van der Waals surface area (Å²) in [7, 11) is 0. The minimum absolute atomic E-state index is 0.398. The molecule has 4 rings (SSSR count). The van der Waals surface area contributed by atoms with Crippen molar-refractivity contribution in [2.75, 3.05) is 0 Å². The molecule has 0 N–H and O–H groups in total. The summed E-state index contributed by atoms with van der Waals surface area (Å²) in [5.74, 6) is 0.337. The second-order valence-electron chi connectivity index (χ2n) is 8.33. The first-order valence-electron chi connectivity index (χ1n) is 11.1. The second kappa shape index (κ2) is 9.75. The molecule has 4 nitrogen and oxygen atoms in total. The number of hydrogen-bond acceptors (Lipinski definition) is 4. The molecule has 4 aromatic carbocycles. The Kier molecular flexibility index (Phi) is 6.60. The third-order valence-corrected chi connectivity index (χ3v) is 6.09. The lowest BCUT2D eigenvalue weighted by molar-refractivity contribution is 0.0724. The Morgan fingerprint density at radius 1 is 0.500 bits per heavy atom. The fourth-order valence-electron chi connectivity index (χ4n) is 3.58. The average molecular weight is 451 g/mol. The van der Waals surface area contributed by atoms with Crippen LogP contribution in [-0.2, 0) is 0 Å². The predicted molar refractivity (Wildman–Crippen MR) is 134 cm³/mol. The van der Waals surface area contributed by atoms with Gasteiger partial charge in [0.15, 0.2) is 0 Å². The van der Waals surface area contributed by atoms with Crippen molar-refractivity contribution in [3.63, 3.8) is 0 Å². The van der Waals surface area contributed by atoms with Gasteiger partial charge >= 0.3 is 11.9 Å². The monoisotopic (exact) mass is 450 g/mol. The summed E-state index contributed by atoms with van der Waals surface area (Å²) in [6.45, 7) is 7.83. The van der Waals surface area contributed by atoms with Gasteiger partial charge in [-0.05, 0) is 97.5 Å². The van der Waals surface area contributed by atoms with Gasteiger partial charge in [0.25, 0.3) is 0 Å². The Balaban J connectivity index is 1.44. The van der Waals surface area contributed by atoms with Gasteiger partial charge in [0.1, 0.15) is 11.5 Å². The van der Waals surface area contributed by atoms with Crippen molar-refractivity contribution in [2.24, 2.45) is 0 Å². The third kappa shape index (κ3) is 4.91. The van der Waals surface area contributed by atoms with Gasteiger partial charge < -0.3 is 9.47 Å². The van der Waals surface area contributed by atoms with Crippen molar-refractivity contribution in [3.8, 4) is 22.6 Å². The minimum Gasteiger partial charge on any atom is -0.423 e. The standard InChI is InChI=1S/C30H26O4/c1-19-7-5-9-27(21(19)3)33-29(31)25-15-11-23(12-16-25)24-13-17-26(18-14-24)30(32)34-28-10-6-8-20(2)22(28)4/h5-18H,1-4H3. The van der Waals surface area contributed by atoms with Crippen LogP contribution in [-0.4, -0.2) is 11.9 Å². The molecule has 0 saturated carbocycles. The summed E-state index contributed by atoms with van der Waals surface area (Å²) in [5, 5.41) is 0.